The molecule has 1 atom stereocenters. The normalized spacial score (nSPS) is 17.3. The molecule has 1 saturated heterocycles. The predicted octanol–water partition coefficient (Wildman–Crippen LogP) is 2.73. The maximum absolute atomic E-state index is 11.0. The fraction of sp³-hybridized carbons (Fsp3) is 0.263. The molecule has 1 aliphatic rings. The highest BCUT2D eigenvalue weighted by atomic mass is 16.5. The summed E-state index contributed by atoms with van der Waals surface area (Å²) in [5, 5.41) is 18.2. The number of pyridine rings is 1. The Balaban J connectivity index is 1.48. The average Bonchev–Trinajstić information content (AvgIpc) is 3.31. The summed E-state index contributed by atoms with van der Waals surface area (Å²) in [5.41, 5.74) is 2.56. The van der Waals surface area contributed by atoms with Crippen LogP contribution >= 0.6 is 0 Å². The van der Waals surface area contributed by atoms with Gasteiger partial charge in [0.1, 0.15) is 5.69 Å². The van der Waals surface area contributed by atoms with E-state index < -0.39 is 5.97 Å². The topological polar surface area (TPSA) is 90.1 Å². The van der Waals surface area contributed by atoms with Crippen molar-refractivity contribution < 1.29 is 14.6 Å². The highest BCUT2D eigenvalue weighted by molar-refractivity contribution is 5.93. The molecular weight excluding hydrogens is 332 g/mol. The second-order valence-corrected chi connectivity index (χ2v) is 6.38. The maximum Gasteiger partial charge on any atom is 0.335 e. The molecule has 7 nitrogen and oxygen atoms in total. The third-order valence-corrected chi connectivity index (χ3v) is 4.41. The quantitative estimate of drug-likeness (QED) is 0.761. The van der Waals surface area contributed by atoms with E-state index in [0.29, 0.717) is 5.92 Å². The summed E-state index contributed by atoms with van der Waals surface area (Å²) in [5.74, 6) is -0.436. The molecule has 1 N–H and O–H groups in total. The van der Waals surface area contributed by atoms with E-state index in [1.165, 1.54) is 0 Å². The summed E-state index contributed by atoms with van der Waals surface area (Å²) < 4.78 is 7.23. The Hall–Kier alpha value is -3.06. The molecular formula is C19H18N4O3. The number of carbonyl (C=O) groups is 1. The Kier molecular flexibility index (Phi) is 4.45. The number of aromatic carboxylic acids is 1. The molecule has 26 heavy (non-hydrogen) atoms. The molecule has 0 aliphatic carbocycles. The SMILES string of the molecule is O=C(O)c1ccc2nc(/C=C/c3cn(CC4CCOC4)nn3)ccc2c1. The van der Waals surface area contributed by atoms with E-state index in [-0.39, 0.29) is 5.56 Å². The van der Waals surface area contributed by atoms with E-state index >= 15 is 0 Å². The zero-order valence-electron chi connectivity index (χ0n) is 14.1. The fourth-order valence-electron chi connectivity index (χ4n) is 3.01. The van der Waals surface area contributed by atoms with Crippen LogP contribution in [-0.4, -0.2) is 44.3 Å². The second kappa shape index (κ2) is 7.05. The highest BCUT2D eigenvalue weighted by Crippen LogP contribution is 2.17. The van der Waals surface area contributed by atoms with E-state index in [2.05, 4.69) is 15.3 Å². The first kappa shape index (κ1) is 16.4. The monoisotopic (exact) mass is 350 g/mol. The minimum atomic E-state index is -0.942. The zero-order valence-corrected chi connectivity index (χ0v) is 14.1. The lowest BCUT2D eigenvalue weighted by Crippen LogP contribution is -2.10. The number of benzene rings is 1. The number of hydrogen-bond acceptors (Lipinski definition) is 5. The molecule has 1 unspecified atom stereocenters. The van der Waals surface area contributed by atoms with E-state index in [4.69, 9.17) is 9.84 Å². The molecule has 0 bridgehead atoms. The highest BCUT2D eigenvalue weighted by Gasteiger charge is 2.16. The van der Waals surface area contributed by atoms with Crippen molar-refractivity contribution in [2.24, 2.45) is 5.92 Å². The number of nitrogens with zero attached hydrogens (tertiary/aromatic N) is 4. The first-order chi connectivity index (χ1) is 12.7. The summed E-state index contributed by atoms with van der Waals surface area (Å²) in [6.07, 6.45) is 6.72. The molecule has 3 heterocycles. The van der Waals surface area contributed by atoms with Crippen LogP contribution in [0, 0.1) is 5.92 Å². The van der Waals surface area contributed by atoms with Gasteiger partial charge in [0.2, 0.25) is 0 Å². The largest absolute Gasteiger partial charge is 0.478 e. The van der Waals surface area contributed by atoms with E-state index in [9.17, 15) is 4.79 Å². The standard InChI is InChI=1S/C19H18N4O3/c24-19(25)15-2-6-18-14(9-15)1-3-16(20-18)4-5-17-11-23(22-21-17)10-13-7-8-26-12-13/h1-6,9,11,13H,7-8,10,12H2,(H,24,25)/b5-4+. The molecule has 0 spiro atoms. The van der Waals surface area contributed by atoms with Gasteiger partial charge in [0.25, 0.3) is 0 Å². The third-order valence-electron chi connectivity index (χ3n) is 4.41. The predicted molar refractivity (Wildman–Crippen MR) is 96.6 cm³/mol. The summed E-state index contributed by atoms with van der Waals surface area (Å²) in [6.45, 7) is 2.43. The van der Waals surface area contributed by atoms with Crippen LogP contribution in [0.1, 0.15) is 28.2 Å². The van der Waals surface area contributed by atoms with Gasteiger partial charge in [-0.15, -0.1) is 5.10 Å². The minimum absolute atomic E-state index is 0.256. The van der Waals surface area contributed by atoms with Crippen LogP contribution in [0.2, 0.25) is 0 Å². The summed E-state index contributed by atoms with van der Waals surface area (Å²) in [7, 11) is 0. The fourth-order valence-corrected chi connectivity index (χ4v) is 3.01. The van der Waals surface area contributed by atoms with Gasteiger partial charge in [-0.1, -0.05) is 11.3 Å². The van der Waals surface area contributed by atoms with Gasteiger partial charge in [-0.2, -0.15) is 0 Å². The van der Waals surface area contributed by atoms with Gasteiger partial charge >= 0.3 is 5.97 Å². The summed E-state index contributed by atoms with van der Waals surface area (Å²) >= 11 is 0. The zero-order chi connectivity index (χ0) is 17.9. The first-order valence-corrected chi connectivity index (χ1v) is 8.47. The van der Waals surface area contributed by atoms with E-state index in [1.54, 1.807) is 18.2 Å². The van der Waals surface area contributed by atoms with Crippen LogP contribution in [0.3, 0.4) is 0 Å². The van der Waals surface area contributed by atoms with Gasteiger partial charge in [0.05, 0.1) is 29.6 Å². The lowest BCUT2D eigenvalue weighted by atomic mass is 10.1. The van der Waals surface area contributed by atoms with Gasteiger partial charge in [-0.05, 0) is 42.8 Å². The second-order valence-electron chi connectivity index (χ2n) is 6.38. The Morgan fingerprint density at radius 2 is 2.15 bits per heavy atom. The molecule has 1 aromatic carbocycles. The summed E-state index contributed by atoms with van der Waals surface area (Å²) in [6, 6.07) is 8.62. The maximum atomic E-state index is 11.0. The third kappa shape index (κ3) is 3.62. The Morgan fingerprint density at radius 1 is 1.27 bits per heavy atom. The molecule has 2 aromatic heterocycles. The van der Waals surface area contributed by atoms with Crippen LogP contribution in [0.5, 0.6) is 0 Å². The Bertz CT molecular complexity index is 974. The van der Waals surface area contributed by atoms with Gasteiger partial charge in [-0.25, -0.2) is 9.78 Å². The lowest BCUT2D eigenvalue weighted by molar-refractivity contribution is 0.0697. The smallest absolute Gasteiger partial charge is 0.335 e. The lowest BCUT2D eigenvalue weighted by Gasteiger charge is -2.05. The number of carboxylic acid groups (broad SMARTS) is 1. The number of fused-ring (bicyclic) bond motifs is 1. The van der Waals surface area contributed by atoms with Crippen LogP contribution < -0.4 is 0 Å². The van der Waals surface area contributed by atoms with Crippen molar-refractivity contribution in [2.45, 2.75) is 13.0 Å². The van der Waals surface area contributed by atoms with Crippen LogP contribution in [0.15, 0.2) is 36.5 Å². The average molecular weight is 350 g/mol. The van der Waals surface area contributed by atoms with Crippen LogP contribution in [-0.2, 0) is 11.3 Å². The van der Waals surface area contributed by atoms with Crippen molar-refractivity contribution in [1.82, 2.24) is 20.0 Å². The van der Waals surface area contributed by atoms with Crippen molar-refractivity contribution in [1.29, 1.82) is 0 Å². The van der Waals surface area contributed by atoms with Gasteiger partial charge < -0.3 is 9.84 Å². The van der Waals surface area contributed by atoms with Crippen molar-refractivity contribution in [2.75, 3.05) is 13.2 Å². The minimum Gasteiger partial charge on any atom is -0.478 e. The molecule has 4 rings (SSSR count). The van der Waals surface area contributed by atoms with Gasteiger partial charge in [-0.3, -0.25) is 4.68 Å². The Morgan fingerprint density at radius 3 is 2.96 bits per heavy atom. The van der Waals surface area contributed by atoms with Gasteiger partial charge in [0.15, 0.2) is 0 Å². The molecule has 7 heteroatoms. The number of carboxylic acids is 1. The molecule has 0 radical (unpaired) electrons. The van der Waals surface area contributed by atoms with E-state index in [0.717, 1.165) is 48.5 Å². The number of aromatic nitrogens is 4. The van der Waals surface area contributed by atoms with Crippen LogP contribution in [0.4, 0.5) is 0 Å². The number of rotatable bonds is 5. The molecule has 0 saturated carbocycles. The van der Waals surface area contributed by atoms with Crippen molar-refractivity contribution >= 4 is 29.0 Å². The van der Waals surface area contributed by atoms with Crippen molar-refractivity contribution in [3.8, 4) is 0 Å². The van der Waals surface area contributed by atoms with E-state index in [1.807, 2.05) is 35.2 Å². The Labute approximate surface area is 149 Å². The molecule has 1 aliphatic heterocycles. The summed E-state index contributed by atoms with van der Waals surface area (Å²) in [4.78, 5) is 15.6. The van der Waals surface area contributed by atoms with Crippen molar-refractivity contribution in [3.63, 3.8) is 0 Å². The number of ether oxygens (including phenoxy) is 1. The number of hydrogen-bond donors (Lipinski definition) is 1. The first-order valence-electron chi connectivity index (χ1n) is 8.47. The molecule has 132 valence electrons. The molecule has 3 aromatic rings. The molecule has 1 fully saturated rings. The van der Waals surface area contributed by atoms with Crippen molar-refractivity contribution in [3.05, 3.63) is 53.5 Å². The van der Waals surface area contributed by atoms with Gasteiger partial charge in [0, 0.05) is 24.5 Å². The van der Waals surface area contributed by atoms with Crippen LogP contribution in [0.25, 0.3) is 23.1 Å². The molecule has 0 amide bonds.